The molecule has 0 fully saturated rings. The van der Waals surface area contributed by atoms with Crippen molar-refractivity contribution in [2.24, 2.45) is 0 Å². The van der Waals surface area contributed by atoms with Gasteiger partial charge in [0.15, 0.2) is 0 Å². The van der Waals surface area contributed by atoms with Crippen molar-refractivity contribution in [1.29, 1.82) is 0 Å². The molecule has 0 unspecified atom stereocenters. The van der Waals surface area contributed by atoms with Crippen LogP contribution in [0.4, 0.5) is 17.6 Å². The Morgan fingerprint density at radius 3 is 2.39 bits per heavy atom. The molecule has 4 nitrogen and oxygen atoms in total. The molecule has 8 heteroatoms. The molecule has 0 bridgehead atoms. The summed E-state index contributed by atoms with van der Waals surface area (Å²) in [4.78, 5) is 26.7. The van der Waals surface area contributed by atoms with Crippen molar-refractivity contribution < 1.29 is 17.6 Å². The van der Waals surface area contributed by atoms with E-state index in [1.165, 1.54) is 18.2 Å². The van der Waals surface area contributed by atoms with Crippen LogP contribution < -0.4 is 11.2 Å². The maximum absolute atomic E-state index is 13.8. The molecule has 0 amide bonds. The third-order valence-corrected chi connectivity index (χ3v) is 3.31. The summed E-state index contributed by atoms with van der Waals surface area (Å²) in [6, 6.07) is 7.36. The highest BCUT2D eigenvalue weighted by molar-refractivity contribution is 5.78. The number of H-pyrrole nitrogens is 1. The summed E-state index contributed by atoms with van der Waals surface area (Å²) in [5.41, 5.74) is -3.32. The first kappa shape index (κ1) is 15.0. The lowest BCUT2D eigenvalue weighted by Crippen LogP contribution is -2.34. The molecular formula is C15H8F4N2O2. The molecule has 3 rings (SSSR count). The Bertz CT molecular complexity index is 1020. The monoisotopic (exact) mass is 324 g/mol. The Hall–Kier alpha value is -2.90. The van der Waals surface area contributed by atoms with Crippen molar-refractivity contribution in [2.75, 3.05) is 0 Å². The first-order valence-corrected chi connectivity index (χ1v) is 6.40. The first-order chi connectivity index (χ1) is 10.8. The number of benzene rings is 2. The molecule has 23 heavy (non-hydrogen) atoms. The molecule has 1 N–H and O–H groups in total. The topological polar surface area (TPSA) is 54.9 Å². The lowest BCUT2D eigenvalue weighted by molar-refractivity contribution is -0.137. The van der Waals surface area contributed by atoms with Gasteiger partial charge in [0, 0.05) is 0 Å². The largest absolute Gasteiger partial charge is 0.416 e. The van der Waals surface area contributed by atoms with E-state index >= 15 is 0 Å². The van der Waals surface area contributed by atoms with Gasteiger partial charge in [-0.2, -0.15) is 13.2 Å². The molecular weight excluding hydrogens is 316 g/mol. The van der Waals surface area contributed by atoms with E-state index in [0.717, 1.165) is 18.2 Å². The summed E-state index contributed by atoms with van der Waals surface area (Å²) in [7, 11) is 0. The van der Waals surface area contributed by atoms with E-state index in [4.69, 9.17) is 0 Å². The second-order valence-corrected chi connectivity index (χ2v) is 4.78. The number of hydrogen-bond acceptors (Lipinski definition) is 2. The predicted molar refractivity (Wildman–Crippen MR) is 75.1 cm³/mol. The van der Waals surface area contributed by atoms with Gasteiger partial charge in [0.05, 0.1) is 22.2 Å². The van der Waals surface area contributed by atoms with Gasteiger partial charge in [0.25, 0.3) is 5.56 Å². The summed E-state index contributed by atoms with van der Waals surface area (Å²) in [6.45, 7) is 0. The van der Waals surface area contributed by atoms with Crippen LogP contribution in [0.3, 0.4) is 0 Å². The van der Waals surface area contributed by atoms with E-state index in [9.17, 15) is 27.2 Å². The lowest BCUT2D eigenvalue weighted by Gasteiger charge is -2.10. The van der Waals surface area contributed by atoms with Crippen molar-refractivity contribution in [1.82, 2.24) is 9.55 Å². The Balaban J connectivity index is 2.36. The molecule has 0 atom stereocenters. The normalized spacial score (nSPS) is 11.8. The van der Waals surface area contributed by atoms with Gasteiger partial charge in [-0.25, -0.2) is 13.8 Å². The molecule has 1 aromatic heterocycles. The quantitative estimate of drug-likeness (QED) is 0.700. The fourth-order valence-electron chi connectivity index (χ4n) is 2.28. The first-order valence-electron chi connectivity index (χ1n) is 6.40. The molecule has 0 saturated carbocycles. The van der Waals surface area contributed by atoms with Gasteiger partial charge >= 0.3 is 11.9 Å². The fourth-order valence-corrected chi connectivity index (χ4v) is 2.28. The van der Waals surface area contributed by atoms with Crippen LogP contribution in [0.2, 0.25) is 0 Å². The maximum Gasteiger partial charge on any atom is 0.416 e. The van der Waals surface area contributed by atoms with Crippen LogP contribution in [0, 0.1) is 5.82 Å². The van der Waals surface area contributed by atoms with Gasteiger partial charge < -0.3 is 4.98 Å². The molecule has 0 radical (unpaired) electrons. The SMILES string of the molecule is O=c1[nH]c2cccc(F)c2c(=O)n1-c1cccc(C(F)(F)F)c1. The van der Waals surface area contributed by atoms with E-state index in [1.54, 1.807) is 0 Å². The number of aromatic amines is 1. The minimum atomic E-state index is -4.63. The zero-order chi connectivity index (χ0) is 16.8. The van der Waals surface area contributed by atoms with Gasteiger partial charge in [-0.15, -0.1) is 0 Å². The third kappa shape index (κ3) is 2.52. The standard InChI is InChI=1S/C15H8F4N2O2/c16-10-5-2-6-11-12(10)13(22)21(14(23)20-11)9-4-1-3-8(7-9)15(17,18)19/h1-7H,(H,20,23). The summed E-state index contributed by atoms with van der Waals surface area (Å²) in [6.07, 6.45) is -4.63. The average molecular weight is 324 g/mol. The molecule has 0 aliphatic heterocycles. The highest BCUT2D eigenvalue weighted by Gasteiger charge is 2.30. The minimum Gasteiger partial charge on any atom is -0.306 e. The molecule has 2 aromatic carbocycles. The van der Waals surface area contributed by atoms with E-state index in [-0.39, 0.29) is 11.2 Å². The van der Waals surface area contributed by atoms with Crippen LogP contribution in [0.5, 0.6) is 0 Å². The number of nitrogens with zero attached hydrogens (tertiary/aromatic N) is 1. The second-order valence-electron chi connectivity index (χ2n) is 4.78. The van der Waals surface area contributed by atoms with Crippen molar-refractivity contribution in [3.8, 4) is 5.69 Å². The zero-order valence-corrected chi connectivity index (χ0v) is 11.3. The van der Waals surface area contributed by atoms with Crippen LogP contribution in [0.15, 0.2) is 52.1 Å². The number of fused-ring (bicyclic) bond motifs is 1. The average Bonchev–Trinajstić information content (AvgIpc) is 2.46. The maximum atomic E-state index is 13.8. The van der Waals surface area contributed by atoms with Gasteiger partial charge in [0.1, 0.15) is 5.82 Å². The van der Waals surface area contributed by atoms with Crippen molar-refractivity contribution in [3.63, 3.8) is 0 Å². The molecule has 0 aliphatic rings. The van der Waals surface area contributed by atoms with E-state index in [1.807, 2.05) is 0 Å². The summed E-state index contributed by atoms with van der Waals surface area (Å²) in [5, 5.41) is -0.399. The van der Waals surface area contributed by atoms with Crippen LogP contribution in [0.25, 0.3) is 16.6 Å². The van der Waals surface area contributed by atoms with Crippen LogP contribution in [-0.4, -0.2) is 9.55 Å². The number of rotatable bonds is 1. The van der Waals surface area contributed by atoms with Crippen molar-refractivity contribution in [2.45, 2.75) is 6.18 Å². The number of hydrogen-bond donors (Lipinski definition) is 1. The molecule has 0 aliphatic carbocycles. The summed E-state index contributed by atoms with van der Waals surface area (Å²) in [5.74, 6) is -0.871. The van der Waals surface area contributed by atoms with Crippen LogP contribution >= 0.6 is 0 Å². The Kier molecular flexibility index (Phi) is 3.32. The smallest absolute Gasteiger partial charge is 0.306 e. The van der Waals surface area contributed by atoms with Gasteiger partial charge in [-0.3, -0.25) is 4.79 Å². The van der Waals surface area contributed by atoms with E-state index in [2.05, 4.69) is 4.98 Å². The van der Waals surface area contributed by atoms with Gasteiger partial charge in [-0.1, -0.05) is 12.1 Å². The Labute approximate surface area is 125 Å². The molecule has 0 saturated heterocycles. The summed E-state index contributed by atoms with van der Waals surface area (Å²) >= 11 is 0. The van der Waals surface area contributed by atoms with Crippen molar-refractivity contribution >= 4 is 10.9 Å². The highest BCUT2D eigenvalue weighted by Crippen LogP contribution is 2.29. The third-order valence-electron chi connectivity index (χ3n) is 3.31. The zero-order valence-electron chi connectivity index (χ0n) is 11.3. The molecule has 1 heterocycles. The number of alkyl halides is 3. The number of halogens is 4. The lowest BCUT2D eigenvalue weighted by atomic mass is 10.2. The fraction of sp³-hybridized carbons (Fsp3) is 0.0667. The summed E-state index contributed by atoms with van der Waals surface area (Å²) < 4.78 is 52.6. The number of aromatic nitrogens is 2. The molecule has 3 aromatic rings. The van der Waals surface area contributed by atoms with Crippen molar-refractivity contribution in [3.05, 3.63) is 74.7 Å². The Morgan fingerprint density at radius 1 is 1.00 bits per heavy atom. The van der Waals surface area contributed by atoms with Crippen LogP contribution in [-0.2, 0) is 6.18 Å². The predicted octanol–water partition coefficient (Wildman–Crippen LogP) is 2.84. The second kappa shape index (κ2) is 5.08. The molecule has 0 spiro atoms. The van der Waals surface area contributed by atoms with Crippen LogP contribution in [0.1, 0.15) is 5.56 Å². The molecule has 118 valence electrons. The van der Waals surface area contributed by atoms with Gasteiger partial charge in [-0.05, 0) is 30.3 Å². The van der Waals surface area contributed by atoms with Gasteiger partial charge in [0.2, 0.25) is 0 Å². The highest BCUT2D eigenvalue weighted by atomic mass is 19.4. The number of nitrogens with one attached hydrogen (secondary N) is 1. The Morgan fingerprint density at radius 2 is 1.70 bits per heavy atom. The minimum absolute atomic E-state index is 0.0248. The van der Waals surface area contributed by atoms with E-state index < -0.39 is 34.2 Å². The van der Waals surface area contributed by atoms with E-state index in [0.29, 0.717) is 10.6 Å².